The van der Waals surface area contributed by atoms with Gasteiger partial charge in [-0.1, -0.05) is 6.92 Å². The van der Waals surface area contributed by atoms with Gasteiger partial charge < -0.3 is 0 Å². The van der Waals surface area contributed by atoms with Crippen molar-refractivity contribution < 1.29 is 8.42 Å². The molecule has 0 unspecified atom stereocenters. The molecule has 0 spiro atoms. The van der Waals surface area contributed by atoms with E-state index in [0.29, 0.717) is 5.25 Å². The van der Waals surface area contributed by atoms with Crippen molar-refractivity contribution >= 4 is 22.0 Å². The lowest BCUT2D eigenvalue weighted by Crippen LogP contribution is -2.47. The maximum absolute atomic E-state index is 12.5. The molecule has 0 amide bonds. The highest BCUT2D eigenvalue weighted by atomic mass is 32.2. The van der Waals surface area contributed by atoms with Crippen LogP contribution in [0.1, 0.15) is 39.5 Å². The molecule has 1 aliphatic rings. The van der Waals surface area contributed by atoms with Crippen molar-refractivity contribution in [3.63, 3.8) is 0 Å². The SMILES string of the molecule is CCS[C@@H]1CC[C@H](N(C)S(=O)(=O)N(C)[C@@H](C)CC#N)C1. The van der Waals surface area contributed by atoms with E-state index in [-0.39, 0.29) is 18.5 Å². The zero-order valence-electron chi connectivity index (χ0n) is 12.7. The summed E-state index contributed by atoms with van der Waals surface area (Å²) < 4.78 is 27.9. The highest BCUT2D eigenvalue weighted by Crippen LogP contribution is 2.33. The van der Waals surface area contributed by atoms with Crippen molar-refractivity contribution in [1.82, 2.24) is 8.61 Å². The zero-order valence-corrected chi connectivity index (χ0v) is 14.4. The predicted octanol–water partition coefficient (Wildman–Crippen LogP) is 2.07. The van der Waals surface area contributed by atoms with E-state index in [1.807, 2.05) is 17.8 Å². The molecule has 0 aromatic rings. The molecule has 0 aliphatic heterocycles. The summed E-state index contributed by atoms with van der Waals surface area (Å²) in [4.78, 5) is 0. The highest BCUT2D eigenvalue weighted by molar-refractivity contribution is 7.99. The lowest BCUT2D eigenvalue weighted by molar-refractivity contribution is 0.310. The highest BCUT2D eigenvalue weighted by Gasteiger charge is 2.36. The summed E-state index contributed by atoms with van der Waals surface area (Å²) in [5, 5.41) is 9.28. The second-order valence-corrected chi connectivity index (χ2v) is 8.92. The summed E-state index contributed by atoms with van der Waals surface area (Å²) in [5.41, 5.74) is 0. The molecule has 20 heavy (non-hydrogen) atoms. The monoisotopic (exact) mass is 319 g/mol. The third kappa shape index (κ3) is 4.10. The zero-order chi connectivity index (χ0) is 15.3. The lowest BCUT2D eigenvalue weighted by Gasteiger charge is -2.31. The summed E-state index contributed by atoms with van der Waals surface area (Å²) in [6.07, 6.45) is 3.14. The number of hydrogen-bond donors (Lipinski definition) is 0. The molecule has 0 aromatic heterocycles. The van der Waals surface area contributed by atoms with E-state index in [9.17, 15) is 8.42 Å². The molecule has 0 radical (unpaired) electrons. The van der Waals surface area contributed by atoms with Gasteiger partial charge in [0.15, 0.2) is 0 Å². The number of thioether (sulfide) groups is 1. The summed E-state index contributed by atoms with van der Waals surface area (Å²) in [5.74, 6) is 1.08. The topological polar surface area (TPSA) is 64.4 Å². The van der Waals surface area contributed by atoms with E-state index in [0.717, 1.165) is 25.0 Å². The van der Waals surface area contributed by atoms with Gasteiger partial charge in [-0.25, -0.2) is 0 Å². The third-order valence-electron chi connectivity index (χ3n) is 4.01. The van der Waals surface area contributed by atoms with Crippen molar-refractivity contribution in [2.75, 3.05) is 19.8 Å². The molecular weight excluding hydrogens is 294 g/mol. The van der Waals surface area contributed by atoms with E-state index in [1.54, 1.807) is 21.0 Å². The largest absolute Gasteiger partial charge is 0.281 e. The molecule has 0 saturated heterocycles. The molecule has 1 saturated carbocycles. The summed E-state index contributed by atoms with van der Waals surface area (Å²) in [6, 6.07) is 1.81. The van der Waals surface area contributed by atoms with Gasteiger partial charge in [0.05, 0.1) is 12.5 Å². The molecule has 1 rings (SSSR count). The van der Waals surface area contributed by atoms with E-state index < -0.39 is 10.2 Å². The number of hydrogen-bond acceptors (Lipinski definition) is 4. The normalized spacial score (nSPS) is 25.1. The molecule has 1 aliphatic carbocycles. The molecule has 7 heteroatoms. The molecule has 0 aromatic carbocycles. The maximum Gasteiger partial charge on any atom is 0.281 e. The Labute approximate surface area is 127 Å². The van der Waals surface area contributed by atoms with Crippen molar-refractivity contribution in [2.24, 2.45) is 0 Å². The first-order chi connectivity index (χ1) is 9.34. The molecule has 1 fully saturated rings. The fourth-order valence-corrected chi connectivity index (χ4v) is 5.15. The molecule has 0 bridgehead atoms. The molecule has 5 nitrogen and oxygen atoms in total. The van der Waals surface area contributed by atoms with Crippen LogP contribution in [0.5, 0.6) is 0 Å². The molecule has 0 heterocycles. The number of nitriles is 1. The first-order valence-electron chi connectivity index (χ1n) is 7.04. The van der Waals surface area contributed by atoms with Crippen LogP contribution in [0, 0.1) is 11.3 Å². The van der Waals surface area contributed by atoms with Crippen LogP contribution in [0.4, 0.5) is 0 Å². The summed E-state index contributed by atoms with van der Waals surface area (Å²) in [6.45, 7) is 3.90. The van der Waals surface area contributed by atoms with Gasteiger partial charge in [0.2, 0.25) is 0 Å². The second-order valence-electron chi connectivity index (χ2n) is 5.30. The molecule has 0 N–H and O–H groups in total. The number of nitrogens with zero attached hydrogens (tertiary/aromatic N) is 3. The van der Waals surface area contributed by atoms with E-state index >= 15 is 0 Å². The van der Waals surface area contributed by atoms with Gasteiger partial charge in [-0.05, 0) is 31.9 Å². The Hall–Kier alpha value is -0.290. The van der Waals surface area contributed by atoms with Crippen LogP contribution in [0.3, 0.4) is 0 Å². The van der Waals surface area contributed by atoms with Crippen LogP contribution in [0.15, 0.2) is 0 Å². The molecule has 3 atom stereocenters. The van der Waals surface area contributed by atoms with Gasteiger partial charge in [0, 0.05) is 31.4 Å². The third-order valence-corrected chi connectivity index (χ3v) is 7.36. The standard InChI is InChI=1S/C13H25N3O2S2/c1-5-19-13-7-6-12(10-13)16(4)20(17,18)15(3)11(2)8-9-14/h11-13H,5-8,10H2,1-4H3/t11-,12-,13+/m0/s1. The van der Waals surface area contributed by atoms with Crippen molar-refractivity contribution in [3.05, 3.63) is 0 Å². The van der Waals surface area contributed by atoms with Gasteiger partial charge in [0.25, 0.3) is 10.2 Å². The fourth-order valence-electron chi connectivity index (χ4n) is 2.51. The average Bonchev–Trinajstić information content (AvgIpc) is 2.86. The second kappa shape index (κ2) is 7.64. The molecular formula is C13H25N3O2S2. The Morgan fingerprint density at radius 2 is 2.05 bits per heavy atom. The van der Waals surface area contributed by atoms with Gasteiger partial charge in [-0.2, -0.15) is 34.1 Å². The predicted molar refractivity (Wildman–Crippen MR) is 83.7 cm³/mol. The van der Waals surface area contributed by atoms with E-state index in [1.165, 1.54) is 8.61 Å². The van der Waals surface area contributed by atoms with Crippen LogP contribution in [0.2, 0.25) is 0 Å². The Bertz CT molecular complexity index is 447. The van der Waals surface area contributed by atoms with Gasteiger partial charge >= 0.3 is 0 Å². The van der Waals surface area contributed by atoms with Crippen LogP contribution in [-0.2, 0) is 10.2 Å². The average molecular weight is 319 g/mol. The quantitative estimate of drug-likeness (QED) is 0.720. The van der Waals surface area contributed by atoms with Crippen molar-refractivity contribution in [1.29, 1.82) is 5.26 Å². The fraction of sp³-hybridized carbons (Fsp3) is 0.923. The van der Waals surface area contributed by atoms with E-state index in [2.05, 4.69) is 6.92 Å². The Kier molecular flexibility index (Phi) is 6.79. The minimum absolute atomic E-state index is 0.0841. The van der Waals surface area contributed by atoms with Crippen LogP contribution >= 0.6 is 11.8 Å². The Morgan fingerprint density at radius 3 is 2.60 bits per heavy atom. The van der Waals surface area contributed by atoms with Crippen LogP contribution < -0.4 is 0 Å². The van der Waals surface area contributed by atoms with Crippen LogP contribution in [-0.4, -0.2) is 54.2 Å². The first kappa shape index (κ1) is 17.8. The van der Waals surface area contributed by atoms with Crippen molar-refractivity contribution in [2.45, 2.75) is 56.9 Å². The Morgan fingerprint density at radius 1 is 1.40 bits per heavy atom. The van der Waals surface area contributed by atoms with Gasteiger partial charge in [0.1, 0.15) is 0 Å². The van der Waals surface area contributed by atoms with Crippen molar-refractivity contribution in [3.8, 4) is 6.07 Å². The van der Waals surface area contributed by atoms with Gasteiger partial charge in [-0.3, -0.25) is 0 Å². The minimum Gasteiger partial charge on any atom is -0.198 e. The molecule has 116 valence electrons. The first-order valence-corrected chi connectivity index (χ1v) is 9.48. The van der Waals surface area contributed by atoms with E-state index in [4.69, 9.17) is 5.26 Å². The van der Waals surface area contributed by atoms with Crippen LogP contribution in [0.25, 0.3) is 0 Å². The summed E-state index contributed by atoms with van der Waals surface area (Å²) >= 11 is 1.92. The maximum atomic E-state index is 12.5. The number of rotatable bonds is 7. The minimum atomic E-state index is -3.48. The van der Waals surface area contributed by atoms with Gasteiger partial charge in [-0.15, -0.1) is 0 Å². The Balaban J connectivity index is 2.71. The lowest BCUT2D eigenvalue weighted by atomic mass is 10.3. The smallest absolute Gasteiger partial charge is 0.198 e. The summed E-state index contributed by atoms with van der Waals surface area (Å²) in [7, 11) is -0.258.